The molecule has 0 radical (unpaired) electrons. The summed E-state index contributed by atoms with van der Waals surface area (Å²) in [5, 5.41) is 2.87. The highest BCUT2D eigenvalue weighted by molar-refractivity contribution is 9.10. The largest absolute Gasteiger partial charge is 0.465 e. The summed E-state index contributed by atoms with van der Waals surface area (Å²) in [5.41, 5.74) is 0.828. The Balaban J connectivity index is 2.23. The number of ether oxygens (including phenoxy) is 1. The van der Waals surface area contributed by atoms with Crippen LogP contribution in [0.3, 0.4) is 0 Å². The fourth-order valence-corrected chi connectivity index (χ4v) is 1.95. The van der Waals surface area contributed by atoms with Gasteiger partial charge in [-0.25, -0.2) is 4.79 Å². The number of rotatable bonds is 3. The van der Waals surface area contributed by atoms with Crippen LogP contribution in [0.5, 0.6) is 0 Å². The molecule has 0 heterocycles. The summed E-state index contributed by atoms with van der Waals surface area (Å²) in [6.45, 7) is 0. The molecular formula is C12H12BrNO3. The predicted molar refractivity (Wildman–Crippen MR) is 66.0 cm³/mol. The van der Waals surface area contributed by atoms with E-state index < -0.39 is 5.97 Å². The van der Waals surface area contributed by atoms with Crippen molar-refractivity contribution in [3.63, 3.8) is 0 Å². The van der Waals surface area contributed by atoms with Crippen LogP contribution in [0.25, 0.3) is 0 Å². The first kappa shape index (κ1) is 12.1. The van der Waals surface area contributed by atoms with E-state index in [-0.39, 0.29) is 5.91 Å². The number of hydrogen-bond donors (Lipinski definition) is 1. The normalized spacial score (nSPS) is 14.2. The summed E-state index contributed by atoms with van der Waals surface area (Å²) in [5.74, 6) is -0.606. The molecule has 1 aliphatic carbocycles. The molecule has 1 N–H and O–H groups in total. The lowest BCUT2D eigenvalue weighted by Gasteiger charge is -2.06. The van der Waals surface area contributed by atoms with E-state index in [0.29, 0.717) is 21.6 Å². The average molecular weight is 298 g/mol. The van der Waals surface area contributed by atoms with Crippen molar-refractivity contribution in [3.8, 4) is 0 Å². The molecule has 1 aromatic carbocycles. The summed E-state index contributed by atoms with van der Waals surface area (Å²) in [4.78, 5) is 23.2. The number of carbonyl (C=O) groups is 2. The fourth-order valence-electron chi connectivity index (χ4n) is 1.45. The first-order valence-corrected chi connectivity index (χ1v) is 6.09. The number of halogens is 1. The van der Waals surface area contributed by atoms with E-state index in [1.165, 1.54) is 13.2 Å². The fraction of sp³-hybridized carbons (Fsp3) is 0.333. The van der Waals surface area contributed by atoms with Gasteiger partial charge in [-0.2, -0.15) is 0 Å². The number of hydrogen-bond acceptors (Lipinski definition) is 3. The molecule has 1 saturated carbocycles. The van der Waals surface area contributed by atoms with E-state index in [0.717, 1.165) is 12.8 Å². The van der Waals surface area contributed by atoms with Gasteiger partial charge in [0.25, 0.3) is 5.91 Å². The number of amides is 1. The maximum Gasteiger partial charge on any atom is 0.337 e. The van der Waals surface area contributed by atoms with Gasteiger partial charge in [0.2, 0.25) is 0 Å². The number of nitrogens with one attached hydrogen (secondary N) is 1. The number of carbonyl (C=O) groups excluding carboxylic acids is 2. The van der Waals surface area contributed by atoms with Gasteiger partial charge in [-0.05, 0) is 31.0 Å². The lowest BCUT2D eigenvalue weighted by molar-refractivity contribution is 0.0600. The number of esters is 1. The quantitative estimate of drug-likeness (QED) is 0.870. The zero-order valence-electron chi connectivity index (χ0n) is 9.33. The second-order valence-electron chi connectivity index (χ2n) is 3.97. The third-order valence-electron chi connectivity index (χ3n) is 2.49. The van der Waals surface area contributed by atoms with Gasteiger partial charge >= 0.3 is 5.97 Å². The van der Waals surface area contributed by atoms with Crippen LogP contribution in [0.1, 0.15) is 33.6 Å². The SMILES string of the molecule is COC(=O)c1cc(Br)cc(C(=O)NC2CC2)c1. The Kier molecular flexibility index (Phi) is 3.47. The van der Waals surface area contributed by atoms with Crippen molar-refractivity contribution in [2.45, 2.75) is 18.9 Å². The van der Waals surface area contributed by atoms with Gasteiger partial charge in [0, 0.05) is 16.1 Å². The van der Waals surface area contributed by atoms with Crippen LogP contribution in [0, 0.1) is 0 Å². The number of benzene rings is 1. The molecule has 0 unspecified atom stereocenters. The maximum absolute atomic E-state index is 11.8. The van der Waals surface area contributed by atoms with E-state index in [1.54, 1.807) is 12.1 Å². The Morgan fingerprint density at radius 1 is 1.29 bits per heavy atom. The van der Waals surface area contributed by atoms with E-state index in [2.05, 4.69) is 26.0 Å². The molecule has 0 aliphatic heterocycles. The Hall–Kier alpha value is -1.36. The Morgan fingerprint density at radius 3 is 2.53 bits per heavy atom. The van der Waals surface area contributed by atoms with Crippen molar-refractivity contribution < 1.29 is 14.3 Å². The van der Waals surface area contributed by atoms with Crippen LogP contribution in [-0.4, -0.2) is 25.0 Å². The molecule has 1 aliphatic rings. The molecule has 2 rings (SSSR count). The zero-order valence-corrected chi connectivity index (χ0v) is 10.9. The molecule has 90 valence electrons. The van der Waals surface area contributed by atoms with Crippen LogP contribution in [0.15, 0.2) is 22.7 Å². The highest BCUT2D eigenvalue weighted by Gasteiger charge is 2.24. The molecule has 1 amide bonds. The first-order valence-electron chi connectivity index (χ1n) is 5.30. The molecule has 0 atom stereocenters. The van der Waals surface area contributed by atoms with Crippen molar-refractivity contribution in [2.24, 2.45) is 0 Å². The summed E-state index contributed by atoms with van der Waals surface area (Å²) < 4.78 is 5.31. The topological polar surface area (TPSA) is 55.4 Å². The third-order valence-corrected chi connectivity index (χ3v) is 2.95. The minimum Gasteiger partial charge on any atom is -0.465 e. The van der Waals surface area contributed by atoms with Gasteiger partial charge in [0.05, 0.1) is 12.7 Å². The molecule has 5 heteroatoms. The lowest BCUT2D eigenvalue weighted by Crippen LogP contribution is -2.25. The Labute approximate surface area is 107 Å². The molecule has 4 nitrogen and oxygen atoms in total. The van der Waals surface area contributed by atoms with Gasteiger partial charge < -0.3 is 10.1 Å². The van der Waals surface area contributed by atoms with Crippen molar-refractivity contribution in [2.75, 3.05) is 7.11 Å². The van der Waals surface area contributed by atoms with Gasteiger partial charge in [0.1, 0.15) is 0 Å². The second-order valence-corrected chi connectivity index (χ2v) is 4.88. The summed E-state index contributed by atoms with van der Waals surface area (Å²) in [6, 6.07) is 5.14. The summed E-state index contributed by atoms with van der Waals surface area (Å²) >= 11 is 3.27. The van der Waals surface area contributed by atoms with Gasteiger partial charge in [-0.15, -0.1) is 0 Å². The smallest absolute Gasteiger partial charge is 0.337 e. The van der Waals surface area contributed by atoms with Gasteiger partial charge in [0.15, 0.2) is 0 Å². The van der Waals surface area contributed by atoms with E-state index in [4.69, 9.17) is 0 Å². The molecular weight excluding hydrogens is 286 g/mol. The first-order chi connectivity index (χ1) is 8.10. The van der Waals surface area contributed by atoms with Crippen LogP contribution < -0.4 is 5.32 Å². The van der Waals surface area contributed by atoms with Crippen molar-refractivity contribution in [3.05, 3.63) is 33.8 Å². The average Bonchev–Trinajstić information content (AvgIpc) is 3.11. The van der Waals surface area contributed by atoms with E-state index >= 15 is 0 Å². The Bertz CT molecular complexity index is 469. The van der Waals surface area contributed by atoms with Crippen LogP contribution in [-0.2, 0) is 4.74 Å². The van der Waals surface area contributed by atoms with Gasteiger partial charge in [-0.3, -0.25) is 4.79 Å². The summed E-state index contributed by atoms with van der Waals surface area (Å²) in [6.07, 6.45) is 2.06. The summed E-state index contributed by atoms with van der Waals surface area (Å²) in [7, 11) is 1.31. The Morgan fingerprint density at radius 2 is 1.94 bits per heavy atom. The van der Waals surface area contributed by atoms with Crippen LogP contribution in [0.2, 0.25) is 0 Å². The van der Waals surface area contributed by atoms with Crippen molar-refractivity contribution >= 4 is 27.8 Å². The molecule has 0 bridgehead atoms. The predicted octanol–water partition coefficient (Wildman–Crippen LogP) is 2.13. The van der Waals surface area contributed by atoms with Crippen LogP contribution in [0.4, 0.5) is 0 Å². The molecule has 0 aromatic heterocycles. The highest BCUT2D eigenvalue weighted by Crippen LogP contribution is 2.21. The molecule has 17 heavy (non-hydrogen) atoms. The van der Waals surface area contributed by atoms with Crippen molar-refractivity contribution in [1.82, 2.24) is 5.32 Å². The standard InChI is InChI=1S/C12H12BrNO3/c1-17-12(16)8-4-7(5-9(13)6-8)11(15)14-10-2-3-10/h4-6,10H,2-3H2,1H3,(H,14,15). The lowest BCUT2D eigenvalue weighted by atomic mass is 10.1. The molecule has 0 saturated heterocycles. The molecule has 1 fully saturated rings. The monoisotopic (exact) mass is 297 g/mol. The minimum absolute atomic E-state index is 0.154. The number of methoxy groups -OCH3 is 1. The van der Waals surface area contributed by atoms with Crippen LogP contribution >= 0.6 is 15.9 Å². The molecule has 1 aromatic rings. The van der Waals surface area contributed by atoms with E-state index in [9.17, 15) is 9.59 Å². The highest BCUT2D eigenvalue weighted by atomic mass is 79.9. The van der Waals surface area contributed by atoms with Gasteiger partial charge in [-0.1, -0.05) is 15.9 Å². The third kappa shape index (κ3) is 3.06. The maximum atomic E-state index is 11.8. The molecule has 0 spiro atoms. The van der Waals surface area contributed by atoms with E-state index in [1.807, 2.05) is 0 Å². The second kappa shape index (κ2) is 4.87. The van der Waals surface area contributed by atoms with Crippen molar-refractivity contribution in [1.29, 1.82) is 0 Å². The zero-order chi connectivity index (χ0) is 12.4. The minimum atomic E-state index is -0.452.